The third-order valence-electron chi connectivity index (χ3n) is 9.37. The monoisotopic (exact) mass is 627 g/mol. The van der Waals surface area contributed by atoms with Gasteiger partial charge in [0.1, 0.15) is 11.8 Å². The molecule has 238 valence electrons. The van der Waals surface area contributed by atoms with Crippen LogP contribution in [0.1, 0.15) is 44.4 Å². The molecule has 0 saturated heterocycles. The second-order valence-corrected chi connectivity index (χ2v) is 18.9. The van der Waals surface area contributed by atoms with Gasteiger partial charge in [-0.2, -0.15) is 5.26 Å². The number of carbonyl (C=O) groups is 1. The fraction of sp³-hybridized carbons (Fsp3) is 0.471. The van der Waals surface area contributed by atoms with Crippen LogP contribution in [0.4, 0.5) is 23.0 Å². The molecule has 5 rings (SSSR count). The van der Waals surface area contributed by atoms with E-state index in [2.05, 4.69) is 68.5 Å². The van der Waals surface area contributed by atoms with Crippen LogP contribution in [0.25, 0.3) is 11.3 Å². The van der Waals surface area contributed by atoms with Gasteiger partial charge in [-0.05, 0) is 74.0 Å². The van der Waals surface area contributed by atoms with E-state index in [9.17, 15) is 10.1 Å². The Bertz CT molecular complexity index is 1660. The number of fused-ring (bicyclic) bond motifs is 2. The first-order chi connectivity index (χ1) is 21.2. The van der Waals surface area contributed by atoms with E-state index < -0.39 is 8.32 Å². The number of anilines is 4. The minimum Gasteiger partial charge on any atom is -0.494 e. The summed E-state index contributed by atoms with van der Waals surface area (Å²) in [5.74, 6) is 1.06. The van der Waals surface area contributed by atoms with Crippen molar-refractivity contribution < 1.29 is 14.0 Å². The van der Waals surface area contributed by atoms with E-state index in [4.69, 9.17) is 14.1 Å². The highest BCUT2D eigenvalue weighted by Gasteiger charge is 2.42. The van der Waals surface area contributed by atoms with E-state index >= 15 is 0 Å². The van der Waals surface area contributed by atoms with Crippen LogP contribution in [-0.4, -0.2) is 76.5 Å². The van der Waals surface area contributed by atoms with E-state index in [1.54, 1.807) is 13.3 Å². The molecule has 45 heavy (non-hydrogen) atoms. The van der Waals surface area contributed by atoms with E-state index in [0.717, 1.165) is 40.2 Å². The zero-order valence-corrected chi connectivity index (χ0v) is 29.0. The first-order valence-corrected chi connectivity index (χ1v) is 18.3. The molecule has 3 aromatic rings. The van der Waals surface area contributed by atoms with Gasteiger partial charge in [0.25, 0.3) is 0 Å². The fourth-order valence-electron chi connectivity index (χ4n) is 5.61. The maximum Gasteiger partial charge on any atom is 0.241 e. The Balaban J connectivity index is 1.43. The number of benzene rings is 2. The molecule has 0 radical (unpaired) electrons. The summed E-state index contributed by atoms with van der Waals surface area (Å²) in [5.41, 5.74) is 6.43. The highest BCUT2D eigenvalue weighted by Crippen LogP contribution is 2.44. The predicted molar refractivity (Wildman–Crippen MR) is 182 cm³/mol. The molecule has 3 heterocycles. The summed E-state index contributed by atoms with van der Waals surface area (Å²) in [6.45, 7) is 15.7. The largest absolute Gasteiger partial charge is 0.494 e. The molecular weight excluding hydrogens is 583 g/mol. The van der Waals surface area contributed by atoms with Crippen LogP contribution < -0.4 is 20.3 Å². The predicted octanol–water partition coefficient (Wildman–Crippen LogP) is 5.92. The van der Waals surface area contributed by atoms with Gasteiger partial charge in [0.15, 0.2) is 8.32 Å². The quantitative estimate of drug-likeness (QED) is 0.279. The van der Waals surface area contributed by atoms with Crippen molar-refractivity contribution in [1.29, 1.82) is 5.26 Å². The van der Waals surface area contributed by atoms with Crippen molar-refractivity contribution in [2.45, 2.75) is 57.7 Å². The number of aromatic nitrogens is 2. The van der Waals surface area contributed by atoms with Gasteiger partial charge in [0.2, 0.25) is 11.9 Å². The van der Waals surface area contributed by atoms with Crippen LogP contribution in [0.15, 0.2) is 36.5 Å². The van der Waals surface area contributed by atoms with Crippen molar-refractivity contribution in [2.75, 3.05) is 63.0 Å². The Kier molecular flexibility index (Phi) is 8.70. The van der Waals surface area contributed by atoms with Gasteiger partial charge in [-0.25, -0.2) is 9.97 Å². The van der Waals surface area contributed by atoms with E-state index in [1.165, 1.54) is 0 Å². The topological polar surface area (TPSA) is 116 Å². The summed E-state index contributed by atoms with van der Waals surface area (Å²) in [5, 5.41) is 17.0. The molecule has 2 aromatic carbocycles. The molecule has 2 N–H and O–H groups in total. The Labute approximate surface area is 267 Å². The summed E-state index contributed by atoms with van der Waals surface area (Å²) >= 11 is 0. The number of likely N-dealkylation sites (N-methyl/N-ethyl adjacent to an activating group) is 1. The first-order valence-electron chi connectivity index (χ1n) is 15.4. The summed E-state index contributed by atoms with van der Waals surface area (Å²) in [6.07, 6.45) is 2.47. The number of hydrogen-bond donors (Lipinski definition) is 2. The van der Waals surface area contributed by atoms with Crippen LogP contribution in [0.2, 0.25) is 18.1 Å². The molecule has 1 amide bonds. The van der Waals surface area contributed by atoms with Crippen molar-refractivity contribution >= 4 is 37.2 Å². The maximum atomic E-state index is 12.8. The Morgan fingerprint density at radius 1 is 1.24 bits per heavy atom. The van der Waals surface area contributed by atoms with Crippen molar-refractivity contribution in [2.24, 2.45) is 0 Å². The third kappa shape index (κ3) is 6.41. The van der Waals surface area contributed by atoms with E-state index in [-0.39, 0.29) is 16.4 Å². The van der Waals surface area contributed by atoms with Crippen LogP contribution >= 0.6 is 0 Å². The minimum atomic E-state index is -1.97. The van der Waals surface area contributed by atoms with Crippen molar-refractivity contribution in [3.8, 4) is 23.1 Å². The number of nitrogens with one attached hydrogen (secondary N) is 2. The standard InChI is InChI=1S/C34H45N7O3Si/c1-33(2,3)45(8,9)44-21-34(4)20-37-31-24(18-35)14-23(15-25(31)34)26-10-12-36-32(38-26)39-27-16-22-11-13-41(30(42)19-40(5)6)28(22)17-29(27)43-7/h10,12,14-17,37H,11,13,19-21H2,1-9H3,(H,36,38,39). The normalized spacial score (nSPS) is 17.5. The van der Waals surface area contributed by atoms with Crippen LogP contribution in [0.3, 0.4) is 0 Å². The van der Waals surface area contributed by atoms with E-state index in [1.807, 2.05) is 48.2 Å². The summed E-state index contributed by atoms with van der Waals surface area (Å²) in [7, 11) is 3.42. The lowest BCUT2D eigenvalue weighted by Crippen LogP contribution is -2.45. The van der Waals surface area contributed by atoms with Crippen molar-refractivity contribution in [1.82, 2.24) is 14.9 Å². The lowest BCUT2D eigenvalue weighted by Gasteiger charge is -2.39. The van der Waals surface area contributed by atoms with Gasteiger partial charge in [0, 0.05) is 42.9 Å². The molecular formula is C34H45N7O3Si. The average molecular weight is 628 g/mol. The second kappa shape index (κ2) is 12.1. The summed E-state index contributed by atoms with van der Waals surface area (Å²) < 4.78 is 12.4. The number of nitrogens with zero attached hydrogens (tertiary/aromatic N) is 5. The SMILES string of the molecule is COc1cc2c(cc1Nc1nccc(-c3cc(C#N)c4c(c3)C(C)(CO[Si](C)(C)C(C)(C)C)CN4)n1)CCN2C(=O)CN(C)C. The summed E-state index contributed by atoms with van der Waals surface area (Å²) in [4.78, 5) is 25.8. The summed E-state index contributed by atoms with van der Waals surface area (Å²) in [6, 6.07) is 12.2. The van der Waals surface area contributed by atoms with Gasteiger partial charge >= 0.3 is 0 Å². The molecule has 0 spiro atoms. The third-order valence-corrected chi connectivity index (χ3v) is 13.8. The molecule has 11 heteroatoms. The Morgan fingerprint density at radius 3 is 2.67 bits per heavy atom. The molecule has 0 bridgehead atoms. The molecule has 1 atom stereocenters. The van der Waals surface area contributed by atoms with Gasteiger partial charge in [0.05, 0.1) is 42.0 Å². The number of ether oxygens (including phenoxy) is 1. The number of amides is 1. The number of hydrogen-bond acceptors (Lipinski definition) is 9. The molecule has 1 aromatic heterocycles. The smallest absolute Gasteiger partial charge is 0.241 e. The highest BCUT2D eigenvalue weighted by molar-refractivity contribution is 6.74. The van der Waals surface area contributed by atoms with E-state index in [0.29, 0.717) is 49.2 Å². The second-order valence-electron chi connectivity index (χ2n) is 14.1. The fourth-order valence-corrected chi connectivity index (χ4v) is 6.72. The van der Waals surface area contributed by atoms with Crippen LogP contribution in [0.5, 0.6) is 5.75 Å². The molecule has 0 fully saturated rings. The van der Waals surface area contributed by atoms with Gasteiger partial charge in [-0.15, -0.1) is 0 Å². The Morgan fingerprint density at radius 2 is 2.00 bits per heavy atom. The highest BCUT2D eigenvalue weighted by atomic mass is 28.4. The van der Waals surface area contributed by atoms with Gasteiger partial charge < -0.3 is 29.6 Å². The molecule has 2 aliphatic heterocycles. The van der Waals surface area contributed by atoms with Crippen LogP contribution in [0, 0.1) is 11.3 Å². The molecule has 2 aliphatic rings. The maximum absolute atomic E-state index is 12.8. The first kappa shape index (κ1) is 32.4. The molecule has 1 unspecified atom stereocenters. The zero-order chi connectivity index (χ0) is 32.7. The van der Waals surface area contributed by atoms with Crippen molar-refractivity contribution in [3.05, 3.63) is 53.2 Å². The lowest BCUT2D eigenvalue weighted by atomic mass is 9.83. The van der Waals surface area contributed by atoms with Crippen molar-refractivity contribution in [3.63, 3.8) is 0 Å². The molecule has 0 saturated carbocycles. The molecule has 10 nitrogen and oxygen atoms in total. The number of methoxy groups -OCH3 is 1. The number of carbonyl (C=O) groups excluding carboxylic acids is 1. The molecule has 0 aliphatic carbocycles. The average Bonchev–Trinajstić information content (AvgIpc) is 3.55. The van der Waals surface area contributed by atoms with Crippen LogP contribution in [-0.2, 0) is 21.1 Å². The van der Waals surface area contributed by atoms with Gasteiger partial charge in [-0.3, -0.25) is 4.79 Å². The number of nitriles is 1. The number of rotatable bonds is 9. The lowest BCUT2D eigenvalue weighted by molar-refractivity contribution is -0.119. The Hall–Kier alpha value is -3.98. The van der Waals surface area contributed by atoms with Gasteiger partial charge in [-0.1, -0.05) is 27.7 Å². The minimum absolute atomic E-state index is 0.0569. The zero-order valence-electron chi connectivity index (χ0n) is 28.0.